The predicted octanol–water partition coefficient (Wildman–Crippen LogP) is 0.398. The molecular formula is C20H39N7O7P2. The molecule has 0 radical (unpaired) electrons. The maximum atomic E-state index is 14.1. The summed E-state index contributed by atoms with van der Waals surface area (Å²) in [6.07, 6.45) is -0.0985. The van der Waals surface area contributed by atoms with E-state index in [1.165, 1.54) is 9.24 Å². The molecule has 0 amide bonds. The van der Waals surface area contributed by atoms with Crippen LogP contribution in [0.2, 0.25) is 0 Å². The molecule has 2 saturated heterocycles. The zero-order chi connectivity index (χ0) is 26.6. The summed E-state index contributed by atoms with van der Waals surface area (Å²) in [5.74, 6) is 0.143. The van der Waals surface area contributed by atoms with Gasteiger partial charge in [-0.05, 0) is 48.2 Å². The van der Waals surface area contributed by atoms with Crippen molar-refractivity contribution in [3.8, 4) is 0 Å². The summed E-state index contributed by atoms with van der Waals surface area (Å²) in [4.78, 5) is 18.1. The average molecular weight is 552 g/mol. The van der Waals surface area contributed by atoms with Crippen molar-refractivity contribution < 1.29 is 27.7 Å². The lowest BCUT2D eigenvalue weighted by molar-refractivity contribution is -0.129. The minimum absolute atomic E-state index is 0.0503. The van der Waals surface area contributed by atoms with Gasteiger partial charge in [0.05, 0.1) is 31.5 Å². The lowest BCUT2D eigenvalue weighted by Gasteiger charge is -2.43. The largest absolute Gasteiger partial charge is 0.383 e. The number of hydrogen-bond donors (Lipinski definition) is 1. The lowest BCUT2D eigenvalue weighted by Crippen LogP contribution is -2.49. The van der Waals surface area contributed by atoms with E-state index in [1.54, 1.807) is 49.8 Å². The summed E-state index contributed by atoms with van der Waals surface area (Å²) in [7, 11) is 2.90. The van der Waals surface area contributed by atoms with Crippen LogP contribution in [0.4, 0.5) is 5.82 Å². The van der Waals surface area contributed by atoms with Gasteiger partial charge in [0.1, 0.15) is 5.82 Å². The Morgan fingerprint density at radius 3 is 2.50 bits per heavy atom. The number of rotatable bonds is 10. The molecule has 206 valence electrons. The fourth-order valence-corrected chi connectivity index (χ4v) is 6.80. The van der Waals surface area contributed by atoms with Crippen LogP contribution in [0.15, 0.2) is 17.1 Å². The monoisotopic (exact) mass is 551 g/mol. The van der Waals surface area contributed by atoms with Crippen LogP contribution in [0.3, 0.4) is 0 Å². The summed E-state index contributed by atoms with van der Waals surface area (Å²) < 4.78 is 56.0. The molecule has 3 heterocycles. The Balaban J connectivity index is 1.67. The number of likely N-dealkylation sites (N-methyl/N-ethyl adjacent to an activating group) is 1. The van der Waals surface area contributed by atoms with E-state index in [4.69, 9.17) is 24.3 Å². The third-order valence-corrected chi connectivity index (χ3v) is 9.53. The molecule has 2 aliphatic rings. The second kappa shape index (κ2) is 12.6. The van der Waals surface area contributed by atoms with Crippen molar-refractivity contribution in [2.45, 2.75) is 31.5 Å². The molecule has 0 bridgehead atoms. The molecule has 2 unspecified atom stereocenters. The topological polar surface area (TPSA) is 145 Å². The number of morpholine rings is 2. The lowest BCUT2D eigenvalue weighted by atomic mass is 10.2. The summed E-state index contributed by atoms with van der Waals surface area (Å²) in [6.45, 7) is 3.76. The van der Waals surface area contributed by atoms with Crippen LogP contribution in [0.1, 0.15) is 13.2 Å². The van der Waals surface area contributed by atoms with Gasteiger partial charge in [0, 0.05) is 32.4 Å². The van der Waals surface area contributed by atoms with Crippen LogP contribution in [-0.2, 0) is 27.7 Å². The molecule has 0 spiro atoms. The van der Waals surface area contributed by atoms with E-state index < -0.39 is 40.0 Å². The fraction of sp³-hybridized carbons (Fsp3) is 0.800. The smallest absolute Gasteiger partial charge is 0.351 e. The van der Waals surface area contributed by atoms with Crippen LogP contribution >= 0.6 is 15.8 Å². The first-order valence-electron chi connectivity index (χ1n) is 11.7. The minimum atomic E-state index is -3.45. The maximum absolute atomic E-state index is 14.1. The second-order valence-corrected chi connectivity index (χ2v) is 13.8. The van der Waals surface area contributed by atoms with Gasteiger partial charge in [0.25, 0.3) is 8.18 Å². The first-order chi connectivity index (χ1) is 16.9. The van der Waals surface area contributed by atoms with Gasteiger partial charge >= 0.3 is 13.4 Å². The van der Waals surface area contributed by atoms with Crippen LogP contribution in [0, 0.1) is 0 Å². The van der Waals surface area contributed by atoms with Crippen LogP contribution in [0.25, 0.3) is 0 Å². The normalized spacial score (nSPS) is 28.9. The second-order valence-electron chi connectivity index (χ2n) is 9.52. The summed E-state index contributed by atoms with van der Waals surface area (Å²) in [5, 5.41) is 0. The number of nitrogens with two attached hydrogens (primary N) is 1. The molecular weight excluding hydrogens is 512 g/mol. The van der Waals surface area contributed by atoms with Gasteiger partial charge in [-0.2, -0.15) is 4.98 Å². The van der Waals surface area contributed by atoms with Crippen LogP contribution in [0.5, 0.6) is 0 Å². The minimum Gasteiger partial charge on any atom is -0.383 e. The third kappa shape index (κ3) is 7.44. The quantitative estimate of drug-likeness (QED) is 0.401. The molecule has 2 fully saturated rings. The molecule has 2 N–H and O–H groups in total. The van der Waals surface area contributed by atoms with Gasteiger partial charge in [-0.15, -0.1) is 0 Å². The van der Waals surface area contributed by atoms with E-state index in [1.807, 2.05) is 18.9 Å². The zero-order valence-electron chi connectivity index (χ0n) is 21.8. The highest BCUT2D eigenvalue weighted by atomic mass is 31.2. The van der Waals surface area contributed by atoms with Crippen LogP contribution < -0.4 is 11.4 Å². The zero-order valence-corrected chi connectivity index (χ0v) is 23.7. The Morgan fingerprint density at radius 2 is 1.86 bits per heavy atom. The molecule has 36 heavy (non-hydrogen) atoms. The van der Waals surface area contributed by atoms with E-state index in [9.17, 15) is 13.9 Å². The van der Waals surface area contributed by atoms with Gasteiger partial charge in [0.2, 0.25) is 0 Å². The van der Waals surface area contributed by atoms with Gasteiger partial charge in [0.15, 0.2) is 6.23 Å². The predicted molar refractivity (Wildman–Crippen MR) is 136 cm³/mol. The Bertz CT molecular complexity index is 1010. The third-order valence-electron chi connectivity index (χ3n) is 5.85. The fourth-order valence-electron chi connectivity index (χ4n) is 4.13. The Labute approximate surface area is 212 Å². The van der Waals surface area contributed by atoms with Gasteiger partial charge in [-0.25, -0.2) is 18.8 Å². The van der Waals surface area contributed by atoms with Crippen molar-refractivity contribution >= 4 is 21.7 Å². The van der Waals surface area contributed by atoms with Crippen molar-refractivity contribution in [2.24, 2.45) is 0 Å². The molecule has 0 saturated carbocycles. The number of anilines is 1. The molecule has 1 aromatic rings. The molecule has 0 aliphatic carbocycles. The van der Waals surface area contributed by atoms with E-state index in [-0.39, 0.29) is 25.1 Å². The van der Waals surface area contributed by atoms with Gasteiger partial charge in [-0.1, -0.05) is 0 Å². The SMILES string of the molecule is C[C@H]1CN(P(=O)(OC[C@@H]2CN(C)C[C@H](n3ccc(N)nc3=O)O2)N(C)C)C[C@@H](CO[PH](=O)N(C)C)O1. The van der Waals surface area contributed by atoms with E-state index >= 15 is 0 Å². The number of hydrogen-bond acceptors (Lipinski definition) is 10. The standard InChI is InChI=1S/C20H39N7O7P2/c1-15-9-26(11-17(33-15)13-31-35(29)23(2)3)36(30,24(4)5)32-14-16-10-25(6)12-19(34-16)27-8-7-18(21)22-20(27)28/h7-8,15-17,19,35H,9-14H2,1-6H3,(H2,21,22,28)/t15-,16-,17-,19+,36?/m0/s1. The van der Waals surface area contributed by atoms with Crippen molar-refractivity contribution in [2.75, 3.05) is 80.4 Å². The van der Waals surface area contributed by atoms with Crippen molar-refractivity contribution in [3.63, 3.8) is 0 Å². The van der Waals surface area contributed by atoms with E-state index in [2.05, 4.69) is 4.98 Å². The highest BCUT2D eigenvalue weighted by Crippen LogP contribution is 2.54. The Kier molecular flexibility index (Phi) is 10.3. The number of nitrogen functional groups attached to an aromatic ring is 1. The molecule has 2 aliphatic heterocycles. The summed E-state index contributed by atoms with van der Waals surface area (Å²) in [6, 6.07) is 1.54. The molecule has 16 heteroatoms. The first-order valence-corrected chi connectivity index (χ1v) is 14.5. The molecule has 14 nitrogen and oxygen atoms in total. The van der Waals surface area contributed by atoms with Gasteiger partial charge in [-0.3, -0.25) is 18.6 Å². The van der Waals surface area contributed by atoms with Crippen molar-refractivity contribution in [1.29, 1.82) is 0 Å². The van der Waals surface area contributed by atoms with Crippen LogP contribution in [-0.4, -0.2) is 121 Å². The Morgan fingerprint density at radius 1 is 1.17 bits per heavy atom. The molecule has 0 aromatic carbocycles. The van der Waals surface area contributed by atoms with Crippen molar-refractivity contribution in [3.05, 3.63) is 22.7 Å². The molecule has 3 rings (SSSR count). The van der Waals surface area contributed by atoms with Gasteiger partial charge < -0.3 is 24.3 Å². The highest BCUT2D eigenvalue weighted by Gasteiger charge is 2.41. The summed E-state index contributed by atoms with van der Waals surface area (Å²) in [5.41, 5.74) is 5.10. The van der Waals surface area contributed by atoms with E-state index in [0.29, 0.717) is 26.2 Å². The Hall–Kier alpha value is -1.18. The highest BCUT2D eigenvalue weighted by molar-refractivity contribution is 7.53. The molecule has 1 aromatic heterocycles. The number of nitrogens with zero attached hydrogens (tertiary/aromatic N) is 6. The van der Waals surface area contributed by atoms with Crippen molar-refractivity contribution in [1.82, 2.24) is 28.5 Å². The molecule has 6 atom stereocenters. The summed E-state index contributed by atoms with van der Waals surface area (Å²) >= 11 is 0. The van der Waals surface area contributed by atoms with E-state index in [0.717, 1.165) is 0 Å². The maximum Gasteiger partial charge on any atom is 0.351 e. The number of aromatic nitrogens is 2. The average Bonchev–Trinajstić information content (AvgIpc) is 2.80. The number of ether oxygens (including phenoxy) is 2. The first kappa shape index (κ1) is 29.4.